The maximum absolute atomic E-state index is 12.9. The number of hydrogen-bond donors (Lipinski definition) is 1. The first-order chi connectivity index (χ1) is 8.16. The number of halogens is 1. The molecule has 0 amide bonds. The number of esters is 1. The third-order valence-electron chi connectivity index (χ3n) is 2.56. The molecular formula is C12H14FNO3. The lowest BCUT2D eigenvalue weighted by Crippen LogP contribution is -2.10. The first-order valence-electron chi connectivity index (χ1n) is 5.46. The molecule has 1 aromatic carbocycles. The Morgan fingerprint density at radius 1 is 1.47 bits per heavy atom. The number of hydrogen-bond acceptors (Lipinski definition) is 4. The third-order valence-corrected chi connectivity index (χ3v) is 2.56. The normalized spacial score (nSPS) is 14.6. The van der Waals surface area contributed by atoms with E-state index in [-0.39, 0.29) is 18.0 Å². The van der Waals surface area contributed by atoms with Crippen LogP contribution in [0.25, 0.3) is 0 Å². The van der Waals surface area contributed by atoms with Crippen LogP contribution < -0.4 is 5.73 Å². The summed E-state index contributed by atoms with van der Waals surface area (Å²) in [6, 6.07) is 3.71. The molecule has 92 valence electrons. The Hall–Kier alpha value is -1.62. The van der Waals surface area contributed by atoms with Gasteiger partial charge in [-0.2, -0.15) is 0 Å². The summed E-state index contributed by atoms with van der Waals surface area (Å²) in [7, 11) is 0. The molecule has 0 aliphatic heterocycles. The highest BCUT2D eigenvalue weighted by Crippen LogP contribution is 2.28. The maximum atomic E-state index is 12.9. The summed E-state index contributed by atoms with van der Waals surface area (Å²) in [6.45, 7) is 0.547. The van der Waals surface area contributed by atoms with E-state index in [2.05, 4.69) is 0 Å². The average molecular weight is 239 g/mol. The second-order valence-corrected chi connectivity index (χ2v) is 4.10. The van der Waals surface area contributed by atoms with Crippen molar-refractivity contribution < 1.29 is 18.7 Å². The van der Waals surface area contributed by atoms with Crippen LogP contribution in [0.15, 0.2) is 18.2 Å². The fourth-order valence-electron chi connectivity index (χ4n) is 1.35. The number of benzene rings is 1. The van der Waals surface area contributed by atoms with Crippen LogP contribution in [0.1, 0.15) is 23.2 Å². The van der Waals surface area contributed by atoms with Gasteiger partial charge in [-0.05, 0) is 37.0 Å². The number of carbonyl (C=O) groups is 1. The zero-order valence-corrected chi connectivity index (χ0v) is 9.32. The van der Waals surface area contributed by atoms with E-state index in [0.717, 1.165) is 6.07 Å². The highest BCUT2D eigenvalue weighted by molar-refractivity contribution is 5.90. The predicted octanol–water partition coefficient (Wildman–Crippen LogP) is 1.95. The molecule has 2 N–H and O–H groups in total. The van der Waals surface area contributed by atoms with Gasteiger partial charge in [0.2, 0.25) is 0 Å². The molecule has 0 heterocycles. The maximum Gasteiger partial charge on any atom is 0.340 e. The van der Waals surface area contributed by atoms with Crippen LogP contribution in [-0.2, 0) is 9.47 Å². The molecule has 17 heavy (non-hydrogen) atoms. The van der Waals surface area contributed by atoms with Crippen molar-refractivity contribution >= 4 is 11.7 Å². The first kappa shape index (κ1) is 11.9. The summed E-state index contributed by atoms with van der Waals surface area (Å²) in [5, 5.41) is 0. The van der Waals surface area contributed by atoms with Crippen molar-refractivity contribution in [1.29, 1.82) is 0 Å². The zero-order chi connectivity index (χ0) is 12.3. The highest BCUT2D eigenvalue weighted by Gasteiger charge is 2.21. The van der Waals surface area contributed by atoms with Gasteiger partial charge in [-0.25, -0.2) is 9.18 Å². The molecule has 1 fully saturated rings. The van der Waals surface area contributed by atoms with Gasteiger partial charge >= 0.3 is 5.97 Å². The fourth-order valence-corrected chi connectivity index (χ4v) is 1.35. The van der Waals surface area contributed by atoms with Crippen LogP contribution in [0, 0.1) is 11.7 Å². The van der Waals surface area contributed by atoms with Gasteiger partial charge in [0.15, 0.2) is 6.79 Å². The van der Waals surface area contributed by atoms with Crippen LogP contribution in [0.4, 0.5) is 10.1 Å². The van der Waals surface area contributed by atoms with E-state index >= 15 is 0 Å². The van der Waals surface area contributed by atoms with E-state index in [4.69, 9.17) is 15.2 Å². The Bertz CT molecular complexity index is 418. The Morgan fingerprint density at radius 3 is 2.88 bits per heavy atom. The molecule has 0 aromatic heterocycles. The summed E-state index contributed by atoms with van der Waals surface area (Å²) in [5.41, 5.74) is 5.50. The van der Waals surface area contributed by atoms with Crippen molar-refractivity contribution in [2.45, 2.75) is 12.8 Å². The Balaban J connectivity index is 1.79. The first-order valence-corrected chi connectivity index (χ1v) is 5.46. The molecule has 0 unspecified atom stereocenters. The molecule has 0 saturated heterocycles. The van der Waals surface area contributed by atoms with Gasteiger partial charge in [-0.15, -0.1) is 0 Å². The Morgan fingerprint density at radius 2 is 2.24 bits per heavy atom. The lowest BCUT2D eigenvalue weighted by molar-refractivity contribution is -0.0344. The lowest BCUT2D eigenvalue weighted by atomic mass is 10.2. The number of nitrogen functional groups attached to an aromatic ring is 1. The number of ether oxygens (including phenoxy) is 2. The van der Waals surface area contributed by atoms with Crippen LogP contribution in [0.5, 0.6) is 0 Å². The number of carbonyl (C=O) groups excluding carboxylic acids is 1. The molecular weight excluding hydrogens is 225 g/mol. The van der Waals surface area contributed by atoms with Gasteiger partial charge in [-0.1, -0.05) is 0 Å². The van der Waals surface area contributed by atoms with E-state index < -0.39 is 11.8 Å². The van der Waals surface area contributed by atoms with Crippen molar-refractivity contribution in [2.24, 2.45) is 5.92 Å². The third kappa shape index (κ3) is 3.42. The van der Waals surface area contributed by atoms with Gasteiger partial charge in [0.1, 0.15) is 5.82 Å². The minimum atomic E-state index is -0.563. The molecule has 1 aliphatic carbocycles. The Kier molecular flexibility index (Phi) is 3.58. The second kappa shape index (κ2) is 5.14. The van der Waals surface area contributed by atoms with Crippen LogP contribution in [0.3, 0.4) is 0 Å². The molecule has 1 aromatic rings. The molecule has 0 spiro atoms. The van der Waals surface area contributed by atoms with Crippen molar-refractivity contribution in [3.8, 4) is 0 Å². The van der Waals surface area contributed by atoms with Crippen LogP contribution in [0.2, 0.25) is 0 Å². The van der Waals surface area contributed by atoms with E-state index in [1.165, 1.54) is 25.0 Å². The van der Waals surface area contributed by atoms with E-state index in [1.54, 1.807) is 0 Å². The topological polar surface area (TPSA) is 61.6 Å². The number of anilines is 1. The van der Waals surface area contributed by atoms with E-state index in [1.807, 2.05) is 0 Å². The van der Waals surface area contributed by atoms with Crippen LogP contribution in [-0.4, -0.2) is 19.4 Å². The number of nitrogens with two attached hydrogens (primary N) is 1. The van der Waals surface area contributed by atoms with Crippen molar-refractivity contribution in [3.05, 3.63) is 29.6 Å². The van der Waals surface area contributed by atoms with Gasteiger partial charge in [-0.3, -0.25) is 0 Å². The molecule has 1 aliphatic rings. The van der Waals surface area contributed by atoms with Gasteiger partial charge in [0.05, 0.1) is 17.9 Å². The van der Waals surface area contributed by atoms with Crippen molar-refractivity contribution in [1.82, 2.24) is 0 Å². The lowest BCUT2D eigenvalue weighted by Gasteiger charge is -2.06. The quantitative estimate of drug-likeness (QED) is 0.369. The molecule has 4 nitrogen and oxygen atoms in total. The monoisotopic (exact) mass is 239 g/mol. The SMILES string of the molecule is Nc1cc(C(=O)OCOCC2CC2)ccc1F. The molecule has 0 atom stereocenters. The summed E-state index contributed by atoms with van der Waals surface area (Å²) in [6.07, 6.45) is 2.37. The smallest absolute Gasteiger partial charge is 0.340 e. The summed E-state index contributed by atoms with van der Waals surface area (Å²) < 4.78 is 22.9. The largest absolute Gasteiger partial charge is 0.435 e. The minimum absolute atomic E-state index is 0.0710. The molecule has 5 heteroatoms. The average Bonchev–Trinajstić information content (AvgIpc) is 3.12. The second-order valence-electron chi connectivity index (χ2n) is 4.10. The van der Waals surface area contributed by atoms with Gasteiger partial charge < -0.3 is 15.2 Å². The summed E-state index contributed by atoms with van der Waals surface area (Å²) >= 11 is 0. The van der Waals surface area contributed by atoms with Crippen LogP contribution >= 0.6 is 0 Å². The summed E-state index contributed by atoms with van der Waals surface area (Å²) in [5.74, 6) is -0.491. The highest BCUT2D eigenvalue weighted by atomic mass is 19.1. The standard InChI is InChI=1S/C12H14FNO3/c13-10-4-3-9(5-11(10)14)12(15)17-7-16-6-8-1-2-8/h3-5,8H,1-2,6-7,14H2. The molecule has 0 bridgehead atoms. The minimum Gasteiger partial charge on any atom is -0.435 e. The van der Waals surface area contributed by atoms with Gasteiger partial charge in [0, 0.05) is 0 Å². The van der Waals surface area contributed by atoms with Gasteiger partial charge in [0.25, 0.3) is 0 Å². The summed E-state index contributed by atoms with van der Waals surface area (Å²) in [4.78, 5) is 11.5. The Labute approximate surface area is 98.5 Å². The number of rotatable bonds is 5. The van der Waals surface area contributed by atoms with E-state index in [0.29, 0.717) is 12.5 Å². The van der Waals surface area contributed by atoms with Crippen molar-refractivity contribution in [3.63, 3.8) is 0 Å². The molecule has 1 saturated carbocycles. The zero-order valence-electron chi connectivity index (χ0n) is 9.32. The fraction of sp³-hybridized carbons (Fsp3) is 0.417. The molecule has 2 rings (SSSR count). The molecule has 0 radical (unpaired) electrons. The van der Waals surface area contributed by atoms with Crippen molar-refractivity contribution in [2.75, 3.05) is 19.1 Å². The van der Waals surface area contributed by atoms with E-state index in [9.17, 15) is 9.18 Å². The predicted molar refractivity (Wildman–Crippen MR) is 59.8 cm³/mol.